The van der Waals surface area contributed by atoms with Crippen molar-refractivity contribution in [3.8, 4) is 11.1 Å². The number of anilines is 1. The van der Waals surface area contributed by atoms with Crippen LogP contribution in [0.15, 0.2) is 35.3 Å². The lowest BCUT2D eigenvalue weighted by Crippen LogP contribution is -2.14. The van der Waals surface area contributed by atoms with Crippen LogP contribution in [0.4, 0.5) is 5.69 Å². The molecule has 4 N–H and O–H groups in total. The van der Waals surface area contributed by atoms with E-state index in [4.69, 9.17) is 28.9 Å². The number of nitrogens with two attached hydrogens (primary N) is 1. The minimum Gasteiger partial charge on any atom is -0.394 e. The van der Waals surface area contributed by atoms with E-state index < -0.39 is 0 Å². The first-order chi connectivity index (χ1) is 12.5. The van der Waals surface area contributed by atoms with Gasteiger partial charge in [-0.1, -0.05) is 29.3 Å². The maximum absolute atomic E-state index is 12.6. The van der Waals surface area contributed by atoms with E-state index in [-0.39, 0.29) is 11.2 Å². The van der Waals surface area contributed by atoms with Crippen LogP contribution in [0.2, 0.25) is 10.0 Å². The molecule has 2 heterocycles. The molecular weight excluding hydrogens is 371 g/mol. The molecule has 0 aliphatic heterocycles. The molecule has 4 aromatic rings. The van der Waals surface area contributed by atoms with Gasteiger partial charge in [-0.15, -0.1) is 0 Å². The van der Waals surface area contributed by atoms with E-state index >= 15 is 0 Å². The molecule has 1 saturated carbocycles. The summed E-state index contributed by atoms with van der Waals surface area (Å²) in [4.78, 5) is 15.5. The van der Waals surface area contributed by atoms with Gasteiger partial charge in [-0.25, -0.2) is 0 Å². The monoisotopic (exact) mass is 384 g/mol. The Morgan fingerprint density at radius 2 is 1.92 bits per heavy atom. The first-order valence-electron chi connectivity index (χ1n) is 8.31. The van der Waals surface area contributed by atoms with E-state index in [1.807, 2.05) is 18.2 Å². The van der Waals surface area contributed by atoms with Crippen molar-refractivity contribution >= 4 is 50.7 Å². The average Bonchev–Trinajstić information content (AvgIpc) is 3.33. The van der Waals surface area contributed by atoms with Crippen molar-refractivity contribution in [2.45, 2.75) is 18.8 Å². The number of nitrogen functional groups attached to an aromatic ring is 1. The molecule has 1 fully saturated rings. The van der Waals surface area contributed by atoms with E-state index in [1.165, 1.54) is 0 Å². The molecule has 7 heteroatoms. The molecule has 1 aliphatic carbocycles. The standard InChI is InChI=1S/C19H14Cl2N4O/c20-9-5-11(8-1-2-8)17-12(6-9)15(16(22)19(26)24-17)10-3-4-14(21)18-13(10)7-23-25-18/h3-8H,1-2,22H2,(H,23,25)(H,24,26). The minimum atomic E-state index is -0.302. The van der Waals surface area contributed by atoms with Crippen molar-refractivity contribution < 1.29 is 0 Å². The zero-order valence-electron chi connectivity index (χ0n) is 13.6. The van der Waals surface area contributed by atoms with Crippen LogP contribution in [0, 0.1) is 0 Å². The molecule has 5 rings (SSSR count). The number of halogens is 2. The van der Waals surface area contributed by atoms with Crippen molar-refractivity contribution in [2.24, 2.45) is 0 Å². The Labute approximate surface area is 158 Å². The number of H-pyrrole nitrogens is 2. The SMILES string of the molecule is Nc1c(-c2ccc(Cl)c3[nH]ncc23)c2cc(Cl)cc(C3CC3)c2[nH]c1=O. The maximum Gasteiger partial charge on any atom is 0.272 e. The fraction of sp³-hybridized carbons (Fsp3) is 0.158. The van der Waals surface area contributed by atoms with Crippen LogP contribution in [0.1, 0.15) is 24.3 Å². The molecule has 0 atom stereocenters. The number of hydrogen-bond donors (Lipinski definition) is 3. The van der Waals surface area contributed by atoms with Gasteiger partial charge in [0.05, 0.1) is 22.3 Å². The number of nitrogens with zero attached hydrogens (tertiary/aromatic N) is 1. The third kappa shape index (κ3) is 2.24. The zero-order valence-corrected chi connectivity index (χ0v) is 15.1. The van der Waals surface area contributed by atoms with Gasteiger partial charge >= 0.3 is 0 Å². The summed E-state index contributed by atoms with van der Waals surface area (Å²) >= 11 is 12.7. The highest BCUT2D eigenvalue weighted by Gasteiger charge is 2.28. The number of fused-ring (bicyclic) bond motifs is 2. The second-order valence-electron chi connectivity index (χ2n) is 6.69. The highest BCUT2D eigenvalue weighted by molar-refractivity contribution is 6.36. The van der Waals surface area contributed by atoms with E-state index in [9.17, 15) is 4.79 Å². The quantitative estimate of drug-likeness (QED) is 0.462. The van der Waals surface area contributed by atoms with Crippen molar-refractivity contribution in [1.82, 2.24) is 15.2 Å². The van der Waals surface area contributed by atoms with Gasteiger partial charge in [-0.2, -0.15) is 5.10 Å². The predicted molar refractivity (Wildman–Crippen MR) is 106 cm³/mol. The van der Waals surface area contributed by atoms with Gasteiger partial charge in [0.15, 0.2) is 0 Å². The molecular formula is C19H14Cl2N4O. The second-order valence-corrected chi connectivity index (χ2v) is 7.53. The summed E-state index contributed by atoms with van der Waals surface area (Å²) in [6, 6.07) is 7.43. The molecule has 5 nitrogen and oxygen atoms in total. The summed E-state index contributed by atoms with van der Waals surface area (Å²) in [6.07, 6.45) is 3.89. The van der Waals surface area contributed by atoms with Gasteiger partial charge < -0.3 is 10.7 Å². The van der Waals surface area contributed by atoms with Crippen molar-refractivity contribution in [3.63, 3.8) is 0 Å². The highest BCUT2D eigenvalue weighted by atomic mass is 35.5. The van der Waals surface area contributed by atoms with Crippen LogP contribution in [0.3, 0.4) is 0 Å². The molecule has 0 unspecified atom stereocenters. The van der Waals surface area contributed by atoms with Crippen LogP contribution >= 0.6 is 23.2 Å². The Balaban J connectivity index is 1.96. The fourth-order valence-electron chi connectivity index (χ4n) is 3.63. The Bertz CT molecular complexity index is 1250. The summed E-state index contributed by atoms with van der Waals surface area (Å²) in [6.45, 7) is 0. The first kappa shape index (κ1) is 15.7. The summed E-state index contributed by atoms with van der Waals surface area (Å²) in [5.41, 5.74) is 10.1. The van der Waals surface area contributed by atoms with Crippen LogP contribution in [0.5, 0.6) is 0 Å². The number of nitrogens with one attached hydrogen (secondary N) is 2. The molecule has 0 bridgehead atoms. The van der Waals surface area contributed by atoms with Crippen molar-refractivity contribution in [1.29, 1.82) is 0 Å². The Morgan fingerprint density at radius 1 is 1.12 bits per heavy atom. The van der Waals surface area contributed by atoms with Gasteiger partial charge in [-0.05, 0) is 48.1 Å². The smallest absolute Gasteiger partial charge is 0.272 e. The van der Waals surface area contributed by atoms with Gasteiger partial charge in [-0.3, -0.25) is 9.89 Å². The fourth-order valence-corrected chi connectivity index (χ4v) is 4.06. The number of aromatic amines is 2. The summed E-state index contributed by atoms with van der Waals surface area (Å²) < 4.78 is 0. The molecule has 2 aromatic heterocycles. The van der Waals surface area contributed by atoms with Crippen LogP contribution in [0.25, 0.3) is 32.9 Å². The second kappa shape index (κ2) is 5.50. The molecule has 0 radical (unpaired) electrons. The zero-order chi connectivity index (χ0) is 18.0. The van der Waals surface area contributed by atoms with Crippen LogP contribution in [-0.2, 0) is 0 Å². The summed E-state index contributed by atoms with van der Waals surface area (Å²) in [7, 11) is 0. The van der Waals surface area contributed by atoms with Crippen molar-refractivity contribution in [2.75, 3.05) is 5.73 Å². The van der Waals surface area contributed by atoms with E-state index in [0.717, 1.165) is 40.3 Å². The number of benzene rings is 2. The minimum absolute atomic E-state index is 0.159. The average molecular weight is 385 g/mol. The number of aromatic nitrogens is 3. The summed E-state index contributed by atoms with van der Waals surface area (Å²) in [5, 5.41) is 9.82. The number of pyridine rings is 1. The van der Waals surface area contributed by atoms with Crippen molar-refractivity contribution in [3.05, 3.63) is 56.4 Å². The molecule has 26 heavy (non-hydrogen) atoms. The largest absolute Gasteiger partial charge is 0.394 e. The Hall–Kier alpha value is -2.50. The van der Waals surface area contributed by atoms with E-state index in [1.54, 1.807) is 12.3 Å². The molecule has 0 spiro atoms. The molecule has 1 aliphatic rings. The molecule has 130 valence electrons. The van der Waals surface area contributed by atoms with Gasteiger partial charge in [0.25, 0.3) is 5.56 Å². The van der Waals surface area contributed by atoms with Gasteiger partial charge in [0.1, 0.15) is 5.69 Å². The lowest BCUT2D eigenvalue weighted by atomic mass is 9.94. The molecule has 0 amide bonds. The Kier molecular flexibility index (Phi) is 3.33. The lowest BCUT2D eigenvalue weighted by molar-refractivity contribution is 1.12. The van der Waals surface area contributed by atoms with Crippen LogP contribution < -0.4 is 11.3 Å². The normalized spacial score (nSPS) is 14.4. The number of rotatable bonds is 2. The van der Waals surface area contributed by atoms with Gasteiger partial charge in [0.2, 0.25) is 0 Å². The highest BCUT2D eigenvalue weighted by Crippen LogP contribution is 2.46. The number of hydrogen-bond acceptors (Lipinski definition) is 3. The van der Waals surface area contributed by atoms with Crippen LogP contribution in [-0.4, -0.2) is 15.2 Å². The Morgan fingerprint density at radius 3 is 2.69 bits per heavy atom. The lowest BCUT2D eigenvalue weighted by Gasteiger charge is -2.14. The first-order valence-corrected chi connectivity index (χ1v) is 9.07. The maximum atomic E-state index is 12.6. The third-order valence-electron chi connectivity index (χ3n) is 5.01. The topological polar surface area (TPSA) is 87.6 Å². The molecule has 2 aromatic carbocycles. The van der Waals surface area contributed by atoms with Gasteiger partial charge in [0, 0.05) is 21.4 Å². The third-order valence-corrected chi connectivity index (χ3v) is 5.54. The molecule has 0 saturated heterocycles. The summed E-state index contributed by atoms with van der Waals surface area (Å²) in [5.74, 6) is 0.433. The van der Waals surface area contributed by atoms with E-state index in [0.29, 0.717) is 27.0 Å². The predicted octanol–water partition coefficient (Wildman–Crippen LogP) is 4.84. The van der Waals surface area contributed by atoms with E-state index in [2.05, 4.69) is 15.2 Å².